The average molecular weight is 254 g/mol. The third-order valence-electron chi connectivity index (χ3n) is 2.66. The van der Waals surface area contributed by atoms with E-state index < -0.39 is 0 Å². The summed E-state index contributed by atoms with van der Waals surface area (Å²) in [5.74, 6) is 0.272. The molecule has 2 aromatic rings. The summed E-state index contributed by atoms with van der Waals surface area (Å²) >= 11 is 5.35. The molecule has 0 bridgehead atoms. The van der Waals surface area contributed by atoms with Crippen molar-refractivity contribution in [3.8, 4) is 5.75 Å². The molecule has 2 heteroatoms. The summed E-state index contributed by atoms with van der Waals surface area (Å²) < 4.78 is 0. The molecule has 0 unspecified atom stereocenters. The van der Waals surface area contributed by atoms with Gasteiger partial charge >= 0.3 is 0 Å². The van der Waals surface area contributed by atoms with Gasteiger partial charge < -0.3 is 5.11 Å². The van der Waals surface area contributed by atoms with E-state index in [1.807, 2.05) is 36.4 Å². The minimum absolute atomic E-state index is 0.272. The molecule has 0 saturated heterocycles. The average Bonchev–Trinajstić information content (AvgIpc) is 2.38. The smallest absolute Gasteiger partial charge is 0.115 e. The zero-order chi connectivity index (χ0) is 13.0. The summed E-state index contributed by atoms with van der Waals surface area (Å²) in [7, 11) is 0. The molecule has 0 aliphatic carbocycles. The summed E-state index contributed by atoms with van der Waals surface area (Å²) in [6, 6.07) is 15.2. The summed E-state index contributed by atoms with van der Waals surface area (Å²) in [5, 5.41) is 9.19. The molecule has 0 heterocycles. The van der Waals surface area contributed by atoms with Gasteiger partial charge in [-0.3, -0.25) is 0 Å². The van der Waals surface area contributed by atoms with Crippen molar-refractivity contribution in [3.63, 3.8) is 0 Å². The van der Waals surface area contributed by atoms with Crippen LogP contribution in [-0.2, 0) is 0 Å². The van der Waals surface area contributed by atoms with E-state index in [2.05, 4.69) is 19.1 Å². The second kappa shape index (κ2) is 5.61. The molecule has 2 rings (SSSR count). The van der Waals surface area contributed by atoms with E-state index in [0.29, 0.717) is 0 Å². The SMILES string of the molecule is Cc1ccc(C(=S)C=Cc2ccc(O)cc2)cc1. The van der Waals surface area contributed by atoms with Gasteiger partial charge in [0.2, 0.25) is 0 Å². The van der Waals surface area contributed by atoms with Gasteiger partial charge in [-0.05, 0) is 36.3 Å². The van der Waals surface area contributed by atoms with Gasteiger partial charge in [-0.2, -0.15) is 0 Å². The molecule has 90 valence electrons. The number of allylic oxidation sites excluding steroid dienone is 1. The third-order valence-corrected chi connectivity index (χ3v) is 3.03. The first-order chi connectivity index (χ1) is 8.65. The van der Waals surface area contributed by atoms with Crippen LogP contribution < -0.4 is 0 Å². The molecule has 0 saturated carbocycles. The highest BCUT2D eigenvalue weighted by Gasteiger charge is 1.96. The third kappa shape index (κ3) is 3.28. The first-order valence-corrected chi connectivity index (χ1v) is 6.14. The maximum absolute atomic E-state index is 9.19. The number of hydrogen-bond donors (Lipinski definition) is 1. The quantitative estimate of drug-likeness (QED) is 0.505. The fraction of sp³-hybridized carbons (Fsp3) is 0.0625. The van der Waals surface area contributed by atoms with E-state index in [-0.39, 0.29) is 5.75 Å². The van der Waals surface area contributed by atoms with Crippen molar-refractivity contribution in [2.75, 3.05) is 0 Å². The number of phenols is 1. The van der Waals surface area contributed by atoms with Crippen molar-refractivity contribution in [3.05, 3.63) is 71.3 Å². The molecule has 0 aromatic heterocycles. The Hall–Kier alpha value is -1.93. The molecule has 0 amide bonds. The number of aryl methyl sites for hydroxylation is 1. The Morgan fingerprint density at radius 2 is 1.61 bits per heavy atom. The van der Waals surface area contributed by atoms with Crippen molar-refractivity contribution >= 4 is 23.2 Å². The fourth-order valence-corrected chi connectivity index (χ4v) is 1.78. The van der Waals surface area contributed by atoms with Gasteiger partial charge in [-0.15, -0.1) is 0 Å². The van der Waals surface area contributed by atoms with Gasteiger partial charge in [0.25, 0.3) is 0 Å². The number of hydrogen-bond acceptors (Lipinski definition) is 2. The van der Waals surface area contributed by atoms with E-state index in [9.17, 15) is 5.11 Å². The molecule has 0 spiro atoms. The second-order valence-electron chi connectivity index (χ2n) is 4.16. The zero-order valence-corrected chi connectivity index (χ0v) is 10.9. The molecule has 2 aromatic carbocycles. The Morgan fingerprint density at radius 1 is 1.00 bits per heavy atom. The Labute approximate surface area is 112 Å². The lowest BCUT2D eigenvalue weighted by atomic mass is 10.1. The zero-order valence-electron chi connectivity index (χ0n) is 10.1. The van der Waals surface area contributed by atoms with Crippen LogP contribution in [0.1, 0.15) is 16.7 Å². The van der Waals surface area contributed by atoms with E-state index in [1.165, 1.54) is 5.56 Å². The highest BCUT2D eigenvalue weighted by atomic mass is 32.1. The van der Waals surface area contributed by atoms with Gasteiger partial charge in [0.1, 0.15) is 5.75 Å². The predicted molar refractivity (Wildman–Crippen MR) is 80.0 cm³/mol. The Bertz CT molecular complexity index is 565. The molecule has 0 atom stereocenters. The topological polar surface area (TPSA) is 20.2 Å². The molecule has 0 fully saturated rings. The van der Waals surface area contributed by atoms with Crippen molar-refractivity contribution in [1.82, 2.24) is 0 Å². The number of phenolic OH excluding ortho intramolecular Hbond substituents is 1. The highest BCUT2D eigenvalue weighted by molar-refractivity contribution is 7.81. The first-order valence-electron chi connectivity index (χ1n) is 5.73. The Kier molecular flexibility index (Phi) is 3.90. The minimum Gasteiger partial charge on any atom is -0.508 e. The largest absolute Gasteiger partial charge is 0.508 e. The van der Waals surface area contributed by atoms with Crippen molar-refractivity contribution in [1.29, 1.82) is 0 Å². The van der Waals surface area contributed by atoms with Gasteiger partial charge in [0.15, 0.2) is 0 Å². The number of aromatic hydroxyl groups is 1. The van der Waals surface area contributed by atoms with Crippen LogP contribution in [0.5, 0.6) is 5.75 Å². The molecule has 1 N–H and O–H groups in total. The monoisotopic (exact) mass is 254 g/mol. The maximum atomic E-state index is 9.19. The minimum atomic E-state index is 0.272. The number of thiocarbonyl (C=S) groups is 1. The normalized spacial score (nSPS) is 10.7. The highest BCUT2D eigenvalue weighted by Crippen LogP contribution is 2.12. The van der Waals surface area contributed by atoms with Gasteiger partial charge in [0.05, 0.1) is 0 Å². The first kappa shape index (κ1) is 12.5. The summed E-state index contributed by atoms with van der Waals surface area (Å²) in [4.78, 5) is 0.808. The molecule has 0 aliphatic rings. The lowest BCUT2D eigenvalue weighted by molar-refractivity contribution is 0.475. The van der Waals surface area contributed by atoms with Crippen molar-refractivity contribution in [2.24, 2.45) is 0 Å². The van der Waals surface area contributed by atoms with Crippen LogP contribution in [0.3, 0.4) is 0 Å². The van der Waals surface area contributed by atoms with E-state index in [1.54, 1.807) is 12.1 Å². The van der Waals surface area contributed by atoms with Crippen LogP contribution in [0.4, 0.5) is 0 Å². The van der Waals surface area contributed by atoms with Crippen LogP contribution in [0.2, 0.25) is 0 Å². The van der Waals surface area contributed by atoms with Crippen LogP contribution in [0.25, 0.3) is 6.08 Å². The molecule has 18 heavy (non-hydrogen) atoms. The van der Waals surface area contributed by atoms with E-state index in [4.69, 9.17) is 12.2 Å². The fourth-order valence-electron chi connectivity index (χ4n) is 1.57. The summed E-state index contributed by atoms with van der Waals surface area (Å²) in [6.45, 7) is 2.05. The standard InChI is InChI=1S/C16H14OS/c1-12-2-7-14(8-3-12)16(18)11-6-13-4-9-15(17)10-5-13/h2-11,17H,1H3. The second-order valence-corrected chi connectivity index (χ2v) is 4.59. The Morgan fingerprint density at radius 3 is 2.22 bits per heavy atom. The van der Waals surface area contributed by atoms with Gasteiger partial charge in [-0.25, -0.2) is 0 Å². The lowest BCUT2D eigenvalue weighted by Gasteiger charge is -1.99. The summed E-state index contributed by atoms with van der Waals surface area (Å²) in [5.41, 5.74) is 3.29. The van der Waals surface area contributed by atoms with Crippen LogP contribution >= 0.6 is 12.2 Å². The van der Waals surface area contributed by atoms with Crippen LogP contribution in [0, 0.1) is 6.92 Å². The number of rotatable bonds is 3. The van der Waals surface area contributed by atoms with Gasteiger partial charge in [0, 0.05) is 4.86 Å². The van der Waals surface area contributed by atoms with Crippen LogP contribution in [0.15, 0.2) is 54.6 Å². The molecular formula is C16H14OS. The van der Waals surface area contributed by atoms with Crippen molar-refractivity contribution in [2.45, 2.75) is 6.92 Å². The summed E-state index contributed by atoms with van der Waals surface area (Å²) in [6.07, 6.45) is 3.86. The molecular weight excluding hydrogens is 240 g/mol. The Balaban J connectivity index is 2.11. The maximum Gasteiger partial charge on any atom is 0.115 e. The van der Waals surface area contributed by atoms with Crippen molar-refractivity contribution < 1.29 is 5.11 Å². The molecule has 0 radical (unpaired) electrons. The predicted octanol–water partition coefficient (Wildman–Crippen LogP) is 4.13. The van der Waals surface area contributed by atoms with Crippen LogP contribution in [-0.4, -0.2) is 9.97 Å². The number of benzene rings is 2. The lowest BCUT2D eigenvalue weighted by Crippen LogP contribution is -1.91. The molecule has 0 aliphatic heterocycles. The van der Waals surface area contributed by atoms with E-state index >= 15 is 0 Å². The van der Waals surface area contributed by atoms with E-state index in [0.717, 1.165) is 16.0 Å². The molecule has 1 nitrogen and oxygen atoms in total. The van der Waals surface area contributed by atoms with Gasteiger partial charge in [-0.1, -0.05) is 60.3 Å².